The molecule has 0 spiro atoms. The van der Waals surface area contributed by atoms with Crippen LogP contribution in [0, 0.1) is 5.82 Å². The lowest BCUT2D eigenvalue weighted by Gasteiger charge is -2.09. The summed E-state index contributed by atoms with van der Waals surface area (Å²) < 4.78 is 16.7. The second-order valence-corrected chi connectivity index (χ2v) is 6.41. The molecule has 0 aliphatic rings. The minimum absolute atomic E-state index is 0.00903. The number of anilines is 3. The second kappa shape index (κ2) is 7.86. The Balaban J connectivity index is 1.65. The van der Waals surface area contributed by atoms with Crippen molar-refractivity contribution in [3.8, 4) is 0 Å². The van der Waals surface area contributed by atoms with Crippen LogP contribution in [0.3, 0.4) is 0 Å². The molecule has 1 amide bonds. The monoisotopic (exact) mass is 415 g/mol. The van der Waals surface area contributed by atoms with E-state index in [1.165, 1.54) is 16.8 Å². The highest BCUT2D eigenvalue weighted by Crippen LogP contribution is 2.26. The van der Waals surface area contributed by atoms with Crippen molar-refractivity contribution >= 4 is 40.2 Å². The summed E-state index contributed by atoms with van der Waals surface area (Å²) >= 11 is 6.13. The fraction of sp³-hybridized carbons (Fsp3) is 0.111. The molecular weight excluding hydrogens is 401 g/mol. The van der Waals surface area contributed by atoms with E-state index in [1.807, 2.05) is 0 Å². The van der Waals surface area contributed by atoms with Crippen LogP contribution >= 0.6 is 11.6 Å². The zero-order chi connectivity index (χ0) is 20.4. The van der Waals surface area contributed by atoms with E-state index in [2.05, 4.69) is 25.8 Å². The lowest BCUT2D eigenvalue weighted by molar-refractivity contribution is 0.102. The molecule has 0 unspecified atom stereocenters. The molecule has 0 atom stereocenters. The molecule has 29 heavy (non-hydrogen) atoms. The highest BCUT2D eigenvalue weighted by atomic mass is 35.5. The lowest BCUT2D eigenvalue weighted by atomic mass is 10.3. The van der Waals surface area contributed by atoms with Gasteiger partial charge >= 0.3 is 0 Å². The summed E-state index contributed by atoms with van der Waals surface area (Å²) in [6, 6.07) is 7.95. The number of aliphatic hydroxyl groups is 1. The Morgan fingerprint density at radius 2 is 2.07 bits per heavy atom. The molecular formula is C18H15ClFN7O2. The molecule has 0 aliphatic carbocycles. The molecule has 0 fully saturated rings. The van der Waals surface area contributed by atoms with Crippen LogP contribution in [0.2, 0.25) is 5.15 Å². The van der Waals surface area contributed by atoms with Crippen LogP contribution in [0.5, 0.6) is 0 Å². The number of aromatic nitrogens is 5. The highest BCUT2D eigenvalue weighted by Gasteiger charge is 2.17. The molecule has 0 radical (unpaired) electrons. The highest BCUT2D eigenvalue weighted by molar-refractivity contribution is 6.29. The maximum absolute atomic E-state index is 13.8. The number of nitrogens with zero attached hydrogens (tertiary/aromatic N) is 5. The topological polar surface area (TPSA) is 109 Å². The van der Waals surface area contributed by atoms with Gasteiger partial charge in [0.25, 0.3) is 5.91 Å². The number of fused-ring (bicyclic) bond motifs is 1. The van der Waals surface area contributed by atoms with Crippen molar-refractivity contribution in [2.45, 2.75) is 6.54 Å². The van der Waals surface area contributed by atoms with Crippen molar-refractivity contribution in [1.82, 2.24) is 24.4 Å². The zero-order valence-electron chi connectivity index (χ0n) is 14.9. The number of rotatable bonds is 6. The van der Waals surface area contributed by atoms with E-state index in [-0.39, 0.29) is 23.1 Å². The van der Waals surface area contributed by atoms with Gasteiger partial charge in [0.15, 0.2) is 16.8 Å². The minimum Gasteiger partial charge on any atom is -0.394 e. The predicted molar refractivity (Wildman–Crippen MR) is 105 cm³/mol. The smallest absolute Gasteiger partial charge is 0.274 e. The number of carbonyl (C=O) groups is 1. The fourth-order valence-electron chi connectivity index (χ4n) is 2.79. The molecule has 0 saturated carbocycles. The molecule has 9 nitrogen and oxygen atoms in total. The Kier molecular flexibility index (Phi) is 5.10. The van der Waals surface area contributed by atoms with Crippen LogP contribution < -0.4 is 10.6 Å². The normalized spacial score (nSPS) is 11.0. The summed E-state index contributed by atoms with van der Waals surface area (Å²) in [5, 5.41) is 23.2. The SMILES string of the molecule is O=C(Nc1ccncc1F)c1ccc2c(Nc3ccn(CCO)n3)cc(Cl)nn12. The zero-order valence-corrected chi connectivity index (χ0v) is 15.6. The average molecular weight is 416 g/mol. The first-order valence-corrected chi connectivity index (χ1v) is 8.93. The van der Waals surface area contributed by atoms with Crippen LogP contribution in [-0.2, 0) is 6.54 Å². The maximum atomic E-state index is 13.8. The van der Waals surface area contributed by atoms with Crippen molar-refractivity contribution in [3.63, 3.8) is 0 Å². The van der Waals surface area contributed by atoms with Crippen molar-refractivity contribution < 1.29 is 14.3 Å². The van der Waals surface area contributed by atoms with E-state index in [9.17, 15) is 9.18 Å². The van der Waals surface area contributed by atoms with E-state index in [4.69, 9.17) is 16.7 Å². The number of hydrogen-bond acceptors (Lipinski definition) is 6. The molecule has 11 heteroatoms. The number of amides is 1. The van der Waals surface area contributed by atoms with Gasteiger partial charge in [-0.25, -0.2) is 8.91 Å². The van der Waals surface area contributed by atoms with Crippen molar-refractivity contribution in [2.75, 3.05) is 17.2 Å². The summed E-state index contributed by atoms with van der Waals surface area (Å²) in [5.41, 5.74) is 1.34. The first-order chi connectivity index (χ1) is 14.0. The van der Waals surface area contributed by atoms with E-state index >= 15 is 0 Å². The first kappa shape index (κ1) is 18.8. The third kappa shape index (κ3) is 3.89. The Labute approximate surface area is 168 Å². The van der Waals surface area contributed by atoms with E-state index in [0.717, 1.165) is 6.20 Å². The molecule has 0 aromatic carbocycles. The molecule has 4 aromatic rings. The van der Waals surface area contributed by atoms with E-state index in [1.54, 1.807) is 35.1 Å². The summed E-state index contributed by atoms with van der Waals surface area (Å²) in [5.74, 6) is -0.662. The number of halogens is 2. The van der Waals surface area contributed by atoms with Gasteiger partial charge in [-0.05, 0) is 18.2 Å². The molecule has 4 heterocycles. The molecule has 4 aromatic heterocycles. The molecule has 0 bridgehead atoms. The third-order valence-corrected chi connectivity index (χ3v) is 4.26. The molecule has 4 rings (SSSR count). The van der Waals surface area contributed by atoms with Crippen LogP contribution in [0.25, 0.3) is 5.52 Å². The Bertz CT molecular complexity index is 1190. The Hall–Kier alpha value is -3.50. The largest absolute Gasteiger partial charge is 0.394 e. The van der Waals surface area contributed by atoms with Crippen LogP contribution in [0.15, 0.2) is 48.9 Å². The lowest BCUT2D eigenvalue weighted by Crippen LogP contribution is -2.16. The minimum atomic E-state index is -0.645. The van der Waals surface area contributed by atoms with Gasteiger partial charge in [-0.2, -0.15) is 10.2 Å². The van der Waals surface area contributed by atoms with Gasteiger partial charge in [-0.3, -0.25) is 14.5 Å². The molecule has 148 valence electrons. The van der Waals surface area contributed by atoms with Crippen LogP contribution in [0.4, 0.5) is 21.6 Å². The van der Waals surface area contributed by atoms with E-state index in [0.29, 0.717) is 23.6 Å². The van der Waals surface area contributed by atoms with Gasteiger partial charge in [0, 0.05) is 24.5 Å². The Morgan fingerprint density at radius 3 is 2.86 bits per heavy atom. The van der Waals surface area contributed by atoms with Gasteiger partial charge < -0.3 is 15.7 Å². The quantitative estimate of drug-likeness (QED) is 0.446. The summed E-state index contributed by atoms with van der Waals surface area (Å²) in [4.78, 5) is 16.3. The van der Waals surface area contributed by atoms with Gasteiger partial charge in [-0.15, -0.1) is 0 Å². The van der Waals surface area contributed by atoms with Crippen LogP contribution in [0.1, 0.15) is 10.5 Å². The summed E-state index contributed by atoms with van der Waals surface area (Å²) in [7, 11) is 0. The standard InChI is InChI=1S/C18H15ClFN7O2/c19-16-9-13(22-17-4-6-26(25-17)7-8-28)14-1-2-15(27(14)24-16)18(29)23-12-3-5-21-10-11(12)20/h1-6,9-10,28H,7-8H2,(H,22,25)(H,21,23,29). The third-order valence-electron chi connectivity index (χ3n) is 4.08. The van der Waals surface area contributed by atoms with Gasteiger partial charge in [-0.1, -0.05) is 11.6 Å². The number of carbonyl (C=O) groups excluding carboxylic acids is 1. The first-order valence-electron chi connectivity index (χ1n) is 8.55. The van der Waals surface area contributed by atoms with Crippen molar-refractivity contribution in [1.29, 1.82) is 0 Å². The maximum Gasteiger partial charge on any atom is 0.274 e. The summed E-state index contributed by atoms with van der Waals surface area (Å²) in [6.45, 7) is 0.344. The number of nitrogens with one attached hydrogen (secondary N) is 2. The molecule has 0 aliphatic heterocycles. The van der Waals surface area contributed by atoms with Gasteiger partial charge in [0.05, 0.1) is 36.2 Å². The van der Waals surface area contributed by atoms with Crippen molar-refractivity contribution in [3.05, 3.63) is 65.6 Å². The van der Waals surface area contributed by atoms with Gasteiger partial charge in [0.1, 0.15) is 5.69 Å². The molecule has 0 saturated heterocycles. The summed E-state index contributed by atoms with van der Waals surface area (Å²) in [6.07, 6.45) is 4.11. The second-order valence-electron chi connectivity index (χ2n) is 6.02. The van der Waals surface area contributed by atoms with E-state index < -0.39 is 11.7 Å². The van der Waals surface area contributed by atoms with Gasteiger partial charge in [0.2, 0.25) is 0 Å². The number of hydrogen-bond donors (Lipinski definition) is 3. The predicted octanol–water partition coefficient (Wildman–Crippen LogP) is 2.71. The average Bonchev–Trinajstić information content (AvgIpc) is 3.31. The molecule has 3 N–H and O–H groups in total. The van der Waals surface area contributed by atoms with Crippen molar-refractivity contribution in [2.24, 2.45) is 0 Å². The van der Waals surface area contributed by atoms with Crippen LogP contribution in [-0.4, -0.2) is 42.0 Å². The Morgan fingerprint density at radius 1 is 1.21 bits per heavy atom. The fourth-order valence-corrected chi connectivity index (χ4v) is 2.97. The number of aliphatic hydroxyl groups excluding tert-OH is 1. The number of pyridine rings is 1.